The fraction of sp³-hybridized carbons (Fsp3) is 0.107. The molecule has 3 aromatic carbocycles. The first-order chi connectivity index (χ1) is 17.7. The highest BCUT2D eigenvalue weighted by Gasteiger charge is 2.15. The molecule has 0 aliphatic heterocycles. The molecule has 0 aliphatic rings. The number of nitrogens with one attached hydrogen (secondary N) is 2. The van der Waals surface area contributed by atoms with Crippen molar-refractivity contribution in [3.05, 3.63) is 85.1 Å². The van der Waals surface area contributed by atoms with Gasteiger partial charge in [-0.1, -0.05) is 36.4 Å². The summed E-state index contributed by atoms with van der Waals surface area (Å²) >= 11 is 0. The monoisotopic (exact) mass is 476 g/mol. The van der Waals surface area contributed by atoms with Crippen LogP contribution in [0.5, 0.6) is 0 Å². The Kier molecular flexibility index (Phi) is 5.55. The molecule has 4 N–H and O–H groups in total. The number of carbonyl (C=O) groups excluding carboxylic acids is 1. The van der Waals surface area contributed by atoms with Crippen molar-refractivity contribution in [3.8, 4) is 11.3 Å². The Balaban J connectivity index is 1.39. The van der Waals surface area contributed by atoms with Crippen LogP contribution in [0.15, 0.2) is 89.5 Å². The van der Waals surface area contributed by atoms with E-state index in [1.165, 1.54) is 0 Å². The number of benzene rings is 3. The predicted octanol–water partition coefficient (Wildman–Crippen LogP) is 5.72. The largest absolute Gasteiger partial charge is 0.455 e. The van der Waals surface area contributed by atoms with Crippen molar-refractivity contribution >= 4 is 50.7 Å². The molecule has 8 heteroatoms. The third kappa shape index (κ3) is 4.03. The normalized spacial score (nSPS) is 11.4. The van der Waals surface area contributed by atoms with Crippen LogP contribution in [0.1, 0.15) is 12.8 Å². The Morgan fingerprint density at radius 1 is 0.944 bits per heavy atom. The van der Waals surface area contributed by atoms with Gasteiger partial charge in [0.25, 0.3) is 0 Å². The van der Waals surface area contributed by atoms with E-state index in [1.54, 1.807) is 10.7 Å². The molecule has 3 aromatic heterocycles. The van der Waals surface area contributed by atoms with Crippen molar-refractivity contribution in [2.75, 3.05) is 17.2 Å². The smallest absolute Gasteiger partial charge is 0.229 e. The molecule has 6 aromatic rings. The molecule has 8 nitrogen and oxygen atoms in total. The van der Waals surface area contributed by atoms with Gasteiger partial charge in [-0.05, 0) is 55.4 Å². The van der Waals surface area contributed by atoms with Crippen LogP contribution in [-0.4, -0.2) is 27.0 Å². The van der Waals surface area contributed by atoms with Crippen LogP contribution in [0.2, 0.25) is 0 Å². The van der Waals surface area contributed by atoms with Crippen molar-refractivity contribution in [1.29, 1.82) is 0 Å². The summed E-state index contributed by atoms with van der Waals surface area (Å²) in [4.78, 5) is 17.1. The van der Waals surface area contributed by atoms with Gasteiger partial charge >= 0.3 is 0 Å². The van der Waals surface area contributed by atoms with Crippen molar-refractivity contribution in [1.82, 2.24) is 14.6 Å². The Bertz CT molecular complexity index is 1720. The highest BCUT2D eigenvalue weighted by atomic mass is 16.3. The average molecular weight is 477 g/mol. The summed E-state index contributed by atoms with van der Waals surface area (Å²) in [5, 5.41) is 12.8. The molecule has 6 rings (SSSR count). The van der Waals surface area contributed by atoms with Gasteiger partial charge in [-0.15, -0.1) is 0 Å². The van der Waals surface area contributed by atoms with E-state index in [-0.39, 0.29) is 5.91 Å². The van der Waals surface area contributed by atoms with Crippen LogP contribution >= 0.6 is 0 Å². The lowest BCUT2D eigenvalue weighted by Crippen LogP contribution is -2.13. The minimum absolute atomic E-state index is 0.0638. The van der Waals surface area contributed by atoms with Gasteiger partial charge < -0.3 is 20.8 Å². The minimum atomic E-state index is -0.0638. The van der Waals surface area contributed by atoms with E-state index in [0.717, 1.165) is 44.4 Å². The third-order valence-corrected chi connectivity index (χ3v) is 6.07. The Morgan fingerprint density at radius 2 is 1.78 bits per heavy atom. The maximum atomic E-state index is 12.1. The van der Waals surface area contributed by atoms with E-state index in [2.05, 4.69) is 27.9 Å². The summed E-state index contributed by atoms with van der Waals surface area (Å²) in [6.07, 6.45) is 2.77. The number of carbonyl (C=O) groups is 1. The zero-order valence-corrected chi connectivity index (χ0v) is 19.4. The highest BCUT2D eigenvalue weighted by Crippen LogP contribution is 2.36. The van der Waals surface area contributed by atoms with Crippen molar-refractivity contribution in [2.24, 2.45) is 5.73 Å². The van der Waals surface area contributed by atoms with E-state index < -0.39 is 0 Å². The number of rotatable bonds is 7. The second-order valence-electron chi connectivity index (χ2n) is 8.56. The number of amides is 1. The van der Waals surface area contributed by atoms with Gasteiger partial charge in [-0.2, -0.15) is 5.10 Å². The van der Waals surface area contributed by atoms with E-state index in [9.17, 15) is 4.79 Å². The SMILES string of the molecule is NCCCC(=O)Nc1cccc(Nc2nc(-c3cccc4c3oc3ccccc34)cc3ccnn23)c1. The second kappa shape index (κ2) is 9.16. The topological polar surface area (TPSA) is 110 Å². The molecular formula is C28H24N6O2. The van der Waals surface area contributed by atoms with Crippen molar-refractivity contribution < 1.29 is 9.21 Å². The fourth-order valence-electron chi connectivity index (χ4n) is 4.39. The van der Waals surface area contributed by atoms with E-state index in [0.29, 0.717) is 31.0 Å². The van der Waals surface area contributed by atoms with E-state index in [4.69, 9.17) is 15.1 Å². The third-order valence-electron chi connectivity index (χ3n) is 6.07. The van der Waals surface area contributed by atoms with Gasteiger partial charge in [0.15, 0.2) is 0 Å². The first kappa shape index (κ1) is 21.8. The van der Waals surface area contributed by atoms with Crippen LogP contribution in [0.25, 0.3) is 38.7 Å². The number of furan rings is 1. The Labute approximate surface area is 206 Å². The lowest BCUT2D eigenvalue weighted by molar-refractivity contribution is -0.116. The maximum absolute atomic E-state index is 12.1. The van der Waals surface area contributed by atoms with E-state index >= 15 is 0 Å². The molecule has 0 saturated heterocycles. The molecule has 0 unspecified atom stereocenters. The number of hydrogen-bond acceptors (Lipinski definition) is 6. The van der Waals surface area contributed by atoms with Gasteiger partial charge in [0, 0.05) is 34.1 Å². The molecule has 0 spiro atoms. The van der Waals surface area contributed by atoms with Gasteiger partial charge in [-0.3, -0.25) is 4.79 Å². The quantitative estimate of drug-likeness (QED) is 0.272. The molecule has 0 atom stereocenters. The molecule has 0 saturated carbocycles. The zero-order chi connectivity index (χ0) is 24.5. The lowest BCUT2D eigenvalue weighted by atomic mass is 10.1. The lowest BCUT2D eigenvalue weighted by Gasteiger charge is -2.12. The first-order valence-electron chi connectivity index (χ1n) is 11.8. The number of hydrogen-bond donors (Lipinski definition) is 3. The molecule has 0 fully saturated rings. The van der Waals surface area contributed by atoms with E-state index in [1.807, 2.05) is 66.7 Å². The summed E-state index contributed by atoms with van der Waals surface area (Å²) < 4.78 is 7.98. The van der Waals surface area contributed by atoms with Crippen LogP contribution < -0.4 is 16.4 Å². The number of nitrogens with two attached hydrogens (primary N) is 1. The molecule has 0 aliphatic carbocycles. The zero-order valence-electron chi connectivity index (χ0n) is 19.4. The molecule has 178 valence electrons. The van der Waals surface area contributed by atoms with Gasteiger partial charge in [0.05, 0.1) is 17.4 Å². The summed E-state index contributed by atoms with van der Waals surface area (Å²) in [7, 11) is 0. The highest BCUT2D eigenvalue weighted by molar-refractivity contribution is 6.09. The standard InChI is InChI=1S/C28H24N6O2/c29-14-5-12-26(35)31-18-6-3-7-19(16-18)32-28-33-24(17-20-13-15-30-34(20)28)23-10-4-9-22-21-8-1-2-11-25(21)36-27(22)23/h1-4,6-11,13,15-17H,5,12,14,29H2,(H,31,35)(H,32,33). The van der Waals surface area contributed by atoms with Crippen molar-refractivity contribution in [3.63, 3.8) is 0 Å². The molecule has 0 radical (unpaired) electrons. The molecule has 36 heavy (non-hydrogen) atoms. The number of fused-ring (bicyclic) bond motifs is 4. The number of para-hydroxylation sites is 2. The summed E-state index contributed by atoms with van der Waals surface area (Å²) in [6.45, 7) is 0.485. The van der Waals surface area contributed by atoms with Gasteiger partial charge in [0.1, 0.15) is 11.2 Å². The molecule has 0 bridgehead atoms. The summed E-state index contributed by atoms with van der Waals surface area (Å²) in [6, 6.07) is 25.5. The minimum Gasteiger partial charge on any atom is -0.455 e. The average Bonchev–Trinajstić information content (AvgIpc) is 3.52. The summed E-state index contributed by atoms with van der Waals surface area (Å²) in [5.74, 6) is 0.485. The Morgan fingerprint density at radius 3 is 2.69 bits per heavy atom. The molecule has 1 amide bonds. The second-order valence-corrected chi connectivity index (χ2v) is 8.56. The van der Waals surface area contributed by atoms with Gasteiger partial charge in [-0.25, -0.2) is 9.50 Å². The van der Waals surface area contributed by atoms with Crippen LogP contribution in [0, 0.1) is 0 Å². The first-order valence-corrected chi connectivity index (χ1v) is 11.8. The van der Waals surface area contributed by atoms with Gasteiger partial charge in [0.2, 0.25) is 11.9 Å². The number of nitrogens with zero attached hydrogens (tertiary/aromatic N) is 3. The van der Waals surface area contributed by atoms with Crippen LogP contribution in [-0.2, 0) is 4.79 Å². The summed E-state index contributed by atoms with van der Waals surface area (Å²) in [5.41, 5.74) is 11.2. The maximum Gasteiger partial charge on any atom is 0.229 e. The Hall–Kier alpha value is -4.69. The molecular weight excluding hydrogens is 452 g/mol. The van der Waals surface area contributed by atoms with Crippen molar-refractivity contribution in [2.45, 2.75) is 12.8 Å². The predicted molar refractivity (Wildman–Crippen MR) is 142 cm³/mol. The van der Waals surface area contributed by atoms with Crippen LogP contribution in [0.4, 0.5) is 17.3 Å². The van der Waals surface area contributed by atoms with Crippen LogP contribution in [0.3, 0.4) is 0 Å². The number of aromatic nitrogens is 3. The number of anilines is 3. The fourth-order valence-corrected chi connectivity index (χ4v) is 4.39. The molecule has 3 heterocycles.